The van der Waals surface area contributed by atoms with Crippen molar-refractivity contribution in [2.24, 2.45) is 0 Å². The van der Waals surface area contributed by atoms with Crippen LogP contribution in [0, 0.1) is 0 Å². The summed E-state index contributed by atoms with van der Waals surface area (Å²) in [4.78, 5) is 3.74. The highest BCUT2D eigenvalue weighted by atomic mass is 32.1. The zero-order valence-electron chi connectivity index (χ0n) is 12.3. The molecule has 1 N–H and O–H groups in total. The SMILES string of the molecule is CCC1CC(NCC(c2cccs2)N(C)C)CCO1. The molecule has 0 spiro atoms. The van der Waals surface area contributed by atoms with E-state index in [0.717, 1.165) is 32.4 Å². The lowest BCUT2D eigenvalue weighted by Gasteiger charge is -2.32. The Kier molecular flexibility index (Phi) is 5.82. The molecule has 19 heavy (non-hydrogen) atoms. The molecule has 1 aromatic heterocycles. The first-order valence-electron chi connectivity index (χ1n) is 7.25. The minimum Gasteiger partial charge on any atom is -0.378 e. The fourth-order valence-corrected chi connectivity index (χ4v) is 3.57. The van der Waals surface area contributed by atoms with Gasteiger partial charge in [-0.1, -0.05) is 13.0 Å². The molecule has 2 heterocycles. The van der Waals surface area contributed by atoms with Crippen molar-refractivity contribution in [3.05, 3.63) is 22.4 Å². The minimum absolute atomic E-state index is 0.450. The zero-order chi connectivity index (χ0) is 13.7. The second-order valence-corrected chi connectivity index (χ2v) is 6.50. The lowest BCUT2D eigenvalue weighted by atomic mass is 10.0. The van der Waals surface area contributed by atoms with Crippen LogP contribution in [0.15, 0.2) is 17.5 Å². The van der Waals surface area contributed by atoms with Crippen LogP contribution in [0.1, 0.15) is 37.1 Å². The molecule has 0 aliphatic carbocycles. The summed E-state index contributed by atoms with van der Waals surface area (Å²) < 4.78 is 5.74. The lowest BCUT2D eigenvalue weighted by Crippen LogP contribution is -2.42. The van der Waals surface area contributed by atoms with E-state index in [1.54, 1.807) is 0 Å². The van der Waals surface area contributed by atoms with E-state index in [9.17, 15) is 0 Å². The molecule has 1 saturated heterocycles. The largest absolute Gasteiger partial charge is 0.378 e. The summed E-state index contributed by atoms with van der Waals surface area (Å²) in [7, 11) is 4.32. The summed E-state index contributed by atoms with van der Waals surface area (Å²) in [5, 5.41) is 5.90. The fourth-order valence-electron chi connectivity index (χ4n) is 2.65. The van der Waals surface area contributed by atoms with E-state index in [-0.39, 0.29) is 0 Å². The van der Waals surface area contributed by atoms with Crippen LogP contribution in [-0.4, -0.2) is 44.3 Å². The quantitative estimate of drug-likeness (QED) is 0.868. The number of nitrogens with one attached hydrogen (secondary N) is 1. The van der Waals surface area contributed by atoms with Crippen molar-refractivity contribution in [3.8, 4) is 0 Å². The van der Waals surface area contributed by atoms with Gasteiger partial charge in [-0.3, -0.25) is 0 Å². The number of likely N-dealkylation sites (N-methyl/N-ethyl adjacent to an activating group) is 1. The van der Waals surface area contributed by atoms with Crippen LogP contribution in [0.4, 0.5) is 0 Å². The monoisotopic (exact) mass is 282 g/mol. The average Bonchev–Trinajstić information content (AvgIpc) is 2.93. The predicted octanol–water partition coefficient (Wildman–Crippen LogP) is 2.90. The third-order valence-electron chi connectivity index (χ3n) is 3.92. The molecule has 0 bridgehead atoms. The Labute approximate surface area is 121 Å². The molecule has 0 amide bonds. The summed E-state index contributed by atoms with van der Waals surface area (Å²) in [6.45, 7) is 4.14. The number of nitrogens with zero attached hydrogens (tertiary/aromatic N) is 1. The van der Waals surface area contributed by atoms with Crippen LogP contribution in [0.25, 0.3) is 0 Å². The number of hydrogen-bond acceptors (Lipinski definition) is 4. The highest BCUT2D eigenvalue weighted by Gasteiger charge is 2.23. The van der Waals surface area contributed by atoms with Gasteiger partial charge in [-0.05, 0) is 44.8 Å². The van der Waals surface area contributed by atoms with Gasteiger partial charge in [0.25, 0.3) is 0 Å². The molecule has 1 aliphatic rings. The number of thiophene rings is 1. The van der Waals surface area contributed by atoms with Gasteiger partial charge in [0.1, 0.15) is 0 Å². The van der Waals surface area contributed by atoms with Crippen LogP contribution >= 0.6 is 11.3 Å². The lowest BCUT2D eigenvalue weighted by molar-refractivity contribution is -0.000851. The van der Waals surface area contributed by atoms with Gasteiger partial charge in [-0.25, -0.2) is 0 Å². The topological polar surface area (TPSA) is 24.5 Å². The Morgan fingerprint density at radius 1 is 1.53 bits per heavy atom. The third-order valence-corrected chi connectivity index (χ3v) is 4.89. The van der Waals surface area contributed by atoms with E-state index in [1.165, 1.54) is 4.88 Å². The molecule has 0 radical (unpaired) electrons. The molecule has 3 unspecified atom stereocenters. The molecule has 3 nitrogen and oxygen atoms in total. The van der Waals surface area contributed by atoms with E-state index in [0.29, 0.717) is 18.2 Å². The Morgan fingerprint density at radius 3 is 3.00 bits per heavy atom. The van der Waals surface area contributed by atoms with Crippen molar-refractivity contribution < 1.29 is 4.74 Å². The molecule has 1 aliphatic heterocycles. The molecule has 108 valence electrons. The van der Waals surface area contributed by atoms with Crippen molar-refractivity contribution >= 4 is 11.3 Å². The van der Waals surface area contributed by atoms with Crippen LogP contribution in [0.3, 0.4) is 0 Å². The highest BCUT2D eigenvalue weighted by molar-refractivity contribution is 7.10. The summed E-state index contributed by atoms with van der Waals surface area (Å²) in [6, 6.07) is 5.46. The van der Waals surface area contributed by atoms with Gasteiger partial charge in [0.05, 0.1) is 12.1 Å². The normalized spacial score (nSPS) is 25.7. The van der Waals surface area contributed by atoms with Crippen LogP contribution in [-0.2, 0) is 4.74 Å². The molecule has 1 aromatic rings. The van der Waals surface area contributed by atoms with Gasteiger partial charge in [0.15, 0.2) is 0 Å². The number of ether oxygens (including phenoxy) is 1. The predicted molar refractivity (Wildman–Crippen MR) is 81.8 cm³/mol. The molecule has 3 atom stereocenters. The van der Waals surface area contributed by atoms with Crippen molar-refractivity contribution in [1.29, 1.82) is 0 Å². The first-order valence-corrected chi connectivity index (χ1v) is 8.13. The van der Waals surface area contributed by atoms with Crippen LogP contribution < -0.4 is 5.32 Å². The Balaban J connectivity index is 1.85. The standard InChI is InChI=1S/C15H26N2OS/c1-4-13-10-12(7-8-18-13)16-11-14(17(2)3)15-6-5-9-19-15/h5-6,9,12-14,16H,4,7-8,10-11H2,1-3H3. The Hall–Kier alpha value is -0.420. The first-order chi connectivity index (χ1) is 9.20. The zero-order valence-corrected chi connectivity index (χ0v) is 13.1. The summed E-state index contributed by atoms with van der Waals surface area (Å²) >= 11 is 1.84. The van der Waals surface area contributed by atoms with Crippen molar-refractivity contribution in [3.63, 3.8) is 0 Å². The third kappa shape index (κ3) is 4.28. The average molecular weight is 282 g/mol. The molecular weight excluding hydrogens is 256 g/mol. The van der Waals surface area contributed by atoms with E-state index < -0.39 is 0 Å². The number of hydrogen-bond donors (Lipinski definition) is 1. The highest BCUT2D eigenvalue weighted by Crippen LogP contribution is 2.23. The van der Waals surface area contributed by atoms with Gasteiger partial charge < -0.3 is 15.0 Å². The maximum Gasteiger partial charge on any atom is 0.0587 e. The molecule has 2 rings (SSSR count). The Morgan fingerprint density at radius 2 is 2.37 bits per heavy atom. The molecule has 0 saturated carbocycles. The van der Waals surface area contributed by atoms with Crippen molar-refractivity contribution in [2.45, 2.75) is 44.4 Å². The van der Waals surface area contributed by atoms with Crippen molar-refractivity contribution in [2.75, 3.05) is 27.2 Å². The molecule has 0 aromatic carbocycles. The number of rotatable bonds is 6. The second kappa shape index (κ2) is 7.39. The van der Waals surface area contributed by atoms with Crippen LogP contribution in [0.2, 0.25) is 0 Å². The first kappa shape index (κ1) is 15.0. The van der Waals surface area contributed by atoms with E-state index >= 15 is 0 Å². The van der Waals surface area contributed by atoms with E-state index in [4.69, 9.17) is 4.74 Å². The molecule has 4 heteroatoms. The second-order valence-electron chi connectivity index (χ2n) is 5.53. The summed E-state index contributed by atoms with van der Waals surface area (Å²) in [6.07, 6.45) is 3.87. The summed E-state index contributed by atoms with van der Waals surface area (Å²) in [5.41, 5.74) is 0. The maximum absolute atomic E-state index is 5.74. The molecule has 1 fully saturated rings. The fraction of sp³-hybridized carbons (Fsp3) is 0.733. The van der Waals surface area contributed by atoms with Gasteiger partial charge >= 0.3 is 0 Å². The summed E-state index contributed by atoms with van der Waals surface area (Å²) in [5.74, 6) is 0. The Bertz CT molecular complexity index is 353. The van der Waals surface area contributed by atoms with Gasteiger partial charge in [0.2, 0.25) is 0 Å². The maximum atomic E-state index is 5.74. The van der Waals surface area contributed by atoms with Gasteiger partial charge in [-0.15, -0.1) is 11.3 Å². The molecular formula is C15H26N2OS. The minimum atomic E-state index is 0.450. The van der Waals surface area contributed by atoms with Gasteiger partial charge in [-0.2, -0.15) is 0 Å². The van der Waals surface area contributed by atoms with Crippen molar-refractivity contribution in [1.82, 2.24) is 10.2 Å². The van der Waals surface area contributed by atoms with Gasteiger partial charge in [0, 0.05) is 24.1 Å². The van der Waals surface area contributed by atoms with E-state index in [1.807, 2.05) is 11.3 Å². The van der Waals surface area contributed by atoms with E-state index in [2.05, 4.69) is 48.7 Å². The van der Waals surface area contributed by atoms with Crippen LogP contribution in [0.5, 0.6) is 0 Å². The smallest absolute Gasteiger partial charge is 0.0587 e.